The van der Waals surface area contributed by atoms with E-state index in [-0.39, 0.29) is 0 Å². The SMILES string of the molecule is C[C@H](NC(=O)C(C)(F)F)[C@H](Oc1ccc2c(cnn2-c2ccc3nncn3c2)c1)c1ccccc1. The summed E-state index contributed by atoms with van der Waals surface area (Å²) in [4.78, 5) is 11.9. The Morgan fingerprint density at radius 1 is 1.11 bits per heavy atom. The summed E-state index contributed by atoms with van der Waals surface area (Å²) in [6, 6.07) is 17.7. The van der Waals surface area contributed by atoms with Crippen LogP contribution in [0.25, 0.3) is 22.2 Å². The Balaban J connectivity index is 1.44. The summed E-state index contributed by atoms with van der Waals surface area (Å²) < 4.78 is 36.8. The molecule has 0 aliphatic carbocycles. The van der Waals surface area contributed by atoms with Gasteiger partial charge in [0.25, 0.3) is 5.91 Å². The van der Waals surface area contributed by atoms with Crippen LogP contribution in [0.15, 0.2) is 79.4 Å². The quantitative estimate of drug-likeness (QED) is 0.378. The Morgan fingerprint density at radius 3 is 2.69 bits per heavy atom. The maximum Gasteiger partial charge on any atom is 0.321 e. The van der Waals surface area contributed by atoms with E-state index >= 15 is 0 Å². The molecule has 0 bridgehead atoms. The van der Waals surface area contributed by atoms with Crippen molar-refractivity contribution in [3.05, 3.63) is 84.9 Å². The Morgan fingerprint density at radius 2 is 1.91 bits per heavy atom. The molecule has 0 unspecified atom stereocenters. The first-order valence-electron chi connectivity index (χ1n) is 11.0. The van der Waals surface area contributed by atoms with E-state index in [2.05, 4.69) is 20.6 Å². The molecule has 2 aromatic carbocycles. The van der Waals surface area contributed by atoms with E-state index in [9.17, 15) is 13.6 Å². The van der Waals surface area contributed by atoms with Crippen molar-refractivity contribution in [1.29, 1.82) is 0 Å². The highest BCUT2D eigenvalue weighted by molar-refractivity contribution is 5.83. The molecule has 10 heteroatoms. The van der Waals surface area contributed by atoms with Gasteiger partial charge in [0, 0.05) is 18.5 Å². The zero-order valence-electron chi connectivity index (χ0n) is 19.0. The van der Waals surface area contributed by atoms with Gasteiger partial charge in [-0.05, 0) is 42.8 Å². The molecule has 0 saturated carbocycles. The summed E-state index contributed by atoms with van der Waals surface area (Å²) in [5.74, 6) is -4.32. The van der Waals surface area contributed by atoms with E-state index in [1.54, 1.807) is 34.6 Å². The van der Waals surface area contributed by atoms with Gasteiger partial charge in [0.05, 0.1) is 23.4 Å². The van der Waals surface area contributed by atoms with Gasteiger partial charge >= 0.3 is 5.92 Å². The first kappa shape index (κ1) is 22.5. The lowest BCUT2D eigenvalue weighted by Gasteiger charge is -2.27. The monoisotopic (exact) mass is 476 g/mol. The highest BCUT2D eigenvalue weighted by Crippen LogP contribution is 2.29. The van der Waals surface area contributed by atoms with E-state index in [1.807, 2.05) is 60.8 Å². The number of carbonyl (C=O) groups excluding carboxylic acids is 1. The summed E-state index contributed by atoms with van der Waals surface area (Å²) in [5.41, 5.74) is 3.17. The number of amides is 1. The van der Waals surface area contributed by atoms with Crippen molar-refractivity contribution < 1.29 is 18.3 Å². The van der Waals surface area contributed by atoms with Gasteiger partial charge in [-0.2, -0.15) is 13.9 Å². The van der Waals surface area contributed by atoms with Crippen molar-refractivity contribution in [3.8, 4) is 11.4 Å². The lowest BCUT2D eigenvalue weighted by atomic mass is 10.0. The third kappa shape index (κ3) is 4.54. The van der Waals surface area contributed by atoms with Crippen LogP contribution < -0.4 is 10.1 Å². The van der Waals surface area contributed by atoms with Gasteiger partial charge in [0.2, 0.25) is 0 Å². The standard InChI is InChI=1S/C25H22F2N6O2/c1-16(30-24(34)25(2,26)27)23(17-6-4-3-5-7-17)35-20-9-10-21-18(12-20)13-29-33(21)19-8-11-22-31-28-15-32(22)14-19/h3-16,23H,1-2H3,(H,30,34)/t16-,23-/m0/s1. The van der Waals surface area contributed by atoms with Crippen LogP contribution in [0.4, 0.5) is 8.78 Å². The number of hydrogen-bond donors (Lipinski definition) is 1. The van der Waals surface area contributed by atoms with E-state index in [0.29, 0.717) is 12.7 Å². The van der Waals surface area contributed by atoms with Gasteiger partial charge in [-0.3, -0.25) is 9.20 Å². The van der Waals surface area contributed by atoms with Crippen LogP contribution >= 0.6 is 0 Å². The van der Waals surface area contributed by atoms with Gasteiger partial charge in [-0.1, -0.05) is 30.3 Å². The zero-order chi connectivity index (χ0) is 24.6. The van der Waals surface area contributed by atoms with Crippen LogP contribution in [0.5, 0.6) is 5.75 Å². The van der Waals surface area contributed by atoms with Crippen LogP contribution in [-0.2, 0) is 4.79 Å². The molecule has 0 spiro atoms. The van der Waals surface area contributed by atoms with Crippen molar-refractivity contribution in [2.24, 2.45) is 0 Å². The highest BCUT2D eigenvalue weighted by Gasteiger charge is 2.35. The fraction of sp³-hybridized carbons (Fsp3) is 0.200. The lowest BCUT2D eigenvalue weighted by Crippen LogP contribution is -2.46. The lowest BCUT2D eigenvalue weighted by molar-refractivity contribution is -0.144. The molecule has 3 aromatic heterocycles. The van der Waals surface area contributed by atoms with Crippen LogP contribution in [-0.4, -0.2) is 42.3 Å². The molecule has 2 atom stereocenters. The van der Waals surface area contributed by atoms with Crippen molar-refractivity contribution >= 4 is 22.5 Å². The molecule has 1 N–H and O–H groups in total. The van der Waals surface area contributed by atoms with E-state index in [4.69, 9.17) is 4.74 Å². The average Bonchev–Trinajstić information content (AvgIpc) is 3.48. The number of rotatable bonds is 7. The second kappa shape index (κ2) is 8.79. The van der Waals surface area contributed by atoms with Crippen molar-refractivity contribution in [1.82, 2.24) is 29.7 Å². The number of fused-ring (bicyclic) bond motifs is 2. The van der Waals surface area contributed by atoms with Gasteiger partial charge in [0.1, 0.15) is 18.2 Å². The molecule has 35 heavy (non-hydrogen) atoms. The average molecular weight is 476 g/mol. The maximum absolute atomic E-state index is 13.5. The largest absolute Gasteiger partial charge is 0.484 e. The van der Waals surface area contributed by atoms with Crippen LogP contribution in [0.2, 0.25) is 0 Å². The molecule has 5 aromatic rings. The molecule has 3 heterocycles. The fourth-order valence-electron chi connectivity index (χ4n) is 3.89. The number of halogens is 2. The molecule has 0 radical (unpaired) electrons. The number of alkyl halides is 2. The van der Waals surface area contributed by atoms with Crippen LogP contribution in [0.3, 0.4) is 0 Å². The first-order chi connectivity index (χ1) is 16.8. The third-order valence-electron chi connectivity index (χ3n) is 5.66. The Kier molecular flexibility index (Phi) is 5.64. The first-order valence-corrected chi connectivity index (χ1v) is 11.0. The summed E-state index contributed by atoms with van der Waals surface area (Å²) in [7, 11) is 0. The maximum atomic E-state index is 13.5. The van der Waals surface area contributed by atoms with E-state index in [0.717, 1.165) is 27.8 Å². The number of carbonyl (C=O) groups is 1. The molecule has 0 aliphatic heterocycles. The number of ether oxygens (including phenoxy) is 1. The summed E-state index contributed by atoms with van der Waals surface area (Å²) in [6.07, 6.45) is 4.53. The highest BCUT2D eigenvalue weighted by atomic mass is 19.3. The summed E-state index contributed by atoms with van der Waals surface area (Å²) >= 11 is 0. The van der Waals surface area contributed by atoms with Gasteiger partial charge in [0.15, 0.2) is 5.65 Å². The van der Waals surface area contributed by atoms with Crippen molar-refractivity contribution in [3.63, 3.8) is 0 Å². The van der Waals surface area contributed by atoms with E-state index in [1.165, 1.54) is 0 Å². The molecule has 178 valence electrons. The summed E-state index contributed by atoms with van der Waals surface area (Å²) in [5, 5.41) is 15.6. The predicted octanol–water partition coefficient (Wildman–Crippen LogP) is 4.35. The molecule has 5 rings (SSSR count). The van der Waals surface area contributed by atoms with E-state index < -0.39 is 24.0 Å². The fourth-order valence-corrected chi connectivity index (χ4v) is 3.89. The van der Waals surface area contributed by atoms with Crippen LogP contribution in [0, 0.1) is 0 Å². The number of aromatic nitrogens is 5. The molecule has 8 nitrogen and oxygen atoms in total. The minimum atomic E-state index is -3.49. The zero-order valence-corrected chi connectivity index (χ0v) is 19.0. The number of hydrogen-bond acceptors (Lipinski definition) is 5. The number of nitrogens with one attached hydrogen (secondary N) is 1. The third-order valence-corrected chi connectivity index (χ3v) is 5.66. The second-order valence-corrected chi connectivity index (χ2v) is 8.36. The minimum Gasteiger partial charge on any atom is -0.484 e. The van der Waals surface area contributed by atoms with Crippen LogP contribution in [0.1, 0.15) is 25.5 Å². The van der Waals surface area contributed by atoms with Gasteiger partial charge < -0.3 is 10.1 Å². The topological polar surface area (TPSA) is 86.3 Å². The Labute approximate surface area is 199 Å². The minimum absolute atomic E-state index is 0.518. The number of nitrogens with zero attached hydrogens (tertiary/aromatic N) is 5. The second-order valence-electron chi connectivity index (χ2n) is 8.36. The Bertz CT molecular complexity index is 1490. The normalized spacial score (nSPS) is 13.6. The van der Waals surface area contributed by atoms with Crippen molar-refractivity contribution in [2.75, 3.05) is 0 Å². The number of pyridine rings is 1. The Hall–Kier alpha value is -4.34. The van der Waals surface area contributed by atoms with Gasteiger partial charge in [-0.25, -0.2) is 4.68 Å². The van der Waals surface area contributed by atoms with Gasteiger partial charge in [-0.15, -0.1) is 10.2 Å². The molecule has 0 saturated heterocycles. The molecular formula is C25H22F2N6O2. The molecular weight excluding hydrogens is 454 g/mol. The smallest absolute Gasteiger partial charge is 0.321 e. The van der Waals surface area contributed by atoms with Crippen molar-refractivity contribution in [2.45, 2.75) is 31.9 Å². The summed E-state index contributed by atoms with van der Waals surface area (Å²) in [6.45, 7) is 2.21. The molecule has 0 fully saturated rings. The predicted molar refractivity (Wildman–Crippen MR) is 126 cm³/mol. The molecule has 1 amide bonds. The molecule has 0 aliphatic rings. The number of benzene rings is 2.